The highest BCUT2D eigenvalue weighted by Crippen LogP contribution is 2.32. The van der Waals surface area contributed by atoms with Crippen LogP contribution < -0.4 is 5.32 Å². The molecule has 1 saturated heterocycles. The third kappa shape index (κ3) is 4.04. The summed E-state index contributed by atoms with van der Waals surface area (Å²) in [6.45, 7) is 5.27. The fourth-order valence-electron chi connectivity index (χ4n) is 3.14. The predicted molar refractivity (Wildman–Crippen MR) is 84.2 cm³/mol. The predicted octanol–water partition coefficient (Wildman–Crippen LogP) is 2.73. The second kappa shape index (κ2) is 6.56. The summed E-state index contributed by atoms with van der Waals surface area (Å²) in [5, 5.41) is 5.92. The lowest BCUT2D eigenvalue weighted by atomic mass is 9.79. The van der Waals surface area contributed by atoms with E-state index in [0.29, 0.717) is 5.41 Å². The lowest BCUT2D eigenvalue weighted by molar-refractivity contribution is -0.00170. The van der Waals surface area contributed by atoms with Gasteiger partial charge in [-0.25, -0.2) is 0 Å². The third-order valence-electron chi connectivity index (χ3n) is 4.51. The van der Waals surface area contributed by atoms with Crippen molar-refractivity contribution in [3.05, 3.63) is 22.4 Å². The topological polar surface area (TPSA) is 24.5 Å². The summed E-state index contributed by atoms with van der Waals surface area (Å²) in [5.41, 5.74) is 0.410. The van der Waals surface area contributed by atoms with E-state index in [-0.39, 0.29) is 0 Å². The van der Waals surface area contributed by atoms with Crippen LogP contribution in [-0.4, -0.2) is 44.3 Å². The van der Waals surface area contributed by atoms with Crippen LogP contribution in [-0.2, 0) is 11.3 Å². The molecule has 0 unspecified atom stereocenters. The molecule has 1 aromatic heterocycles. The Hall–Kier alpha value is -0.420. The Morgan fingerprint density at radius 2 is 2.20 bits per heavy atom. The quantitative estimate of drug-likeness (QED) is 0.837. The van der Waals surface area contributed by atoms with Crippen molar-refractivity contribution in [2.75, 3.05) is 33.4 Å². The first-order valence-corrected chi connectivity index (χ1v) is 8.66. The number of ether oxygens (including phenoxy) is 1. The molecular formula is C16H26N2OS. The van der Waals surface area contributed by atoms with Gasteiger partial charge in [0.2, 0.25) is 0 Å². The highest BCUT2D eigenvalue weighted by Gasteiger charge is 2.35. The van der Waals surface area contributed by atoms with Crippen LogP contribution in [0.2, 0.25) is 0 Å². The van der Waals surface area contributed by atoms with E-state index >= 15 is 0 Å². The molecule has 2 aliphatic rings. The first kappa shape index (κ1) is 14.5. The maximum absolute atomic E-state index is 5.59. The molecule has 1 aliphatic carbocycles. The van der Waals surface area contributed by atoms with E-state index in [1.54, 1.807) is 0 Å². The van der Waals surface area contributed by atoms with Crippen LogP contribution >= 0.6 is 11.3 Å². The summed E-state index contributed by atoms with van der Waals surface area (Å²) >= 11 is 1.86. The number of nitrogens with one attached hydrogen (secondary N) is 1. The summed E-state index contributed by atoms with van der Waals surface area (Å²) in [4.78, 5) is 3.95. The van der Waals surface area contributed by atoms with Gasteiger partial charge in [0.1, 0.15) is 0 Å². The minimum absolute atomic E-state index is 0.410. The molecule has 1 N–H and O–H groups in total. The summed E-state index contributed by atoms with van der Waals surface area (Å²) < 4.78 is 5.59. The van der Waals surface area contributed by atoms with Gasteiger partial charge >= 0.3 is 0 Å². The van der Waals surface area contributed by atoms with E-state index < -0.39 is 0 Å². The largest absolute Gasteiger partial charge is 0.381 e. The highest BCUT2D eigenvalue weighted by molar-refractivity contribution is 7.09. The minimum Gasteiger partial charge on any atom is -0.381 e. The first-order chi connectivity index (χ1) is 9.76. The molecule has 1 aliphatic heterocycles. The molecule has 0 radical (unpaired) electrons. The van der Waals surface area contributed by atoms with Gasteiger partial charge in [0, 0.05) is 43.8 Å². The van der Waals surface area contributed by atoms with Crippen molar-refractivity contribution in [1.29, 1.82) is 0 Å². The molecule has 3 rings (SSSR count). The second-order valence-corrected chi connectivity index (χ2v) is 7.55. The van der Waals surface area contributed by atoms with E-state index in [4.69, 9.17) is 4.74 Å². The van der Waals surface area contributed by atoms with Gasteiger partial charge in [0.25, 0.3) is 0 Å². The molecule has 1 saturated carbocycles. The van der Waals surface area contributed by atoms with Crippen LogP contribution in [0.1, 0.15) is 30.6 Å². The van der Waals surface area contributed by atoms with Crippen LogP contribution in [0.3, 0.4) is 0 Å². The van der Waals surface area contributed by atoms with Crippen molar-refractivity contribution in [2.24, 2.45) is 5.41 Å². The Kier molecular flexibility index (Phi) is 4.76. The van der Waals surface area contributed by atoms with Crippen molar-refractivity contribution in [3.8, 4) is 0 Å². The fraction of sp³-hybridized carbons (Fsp3) is 0.750. The van der Waals surface area contributed by atoms with E-state index in [1.807, 2.05) is 11.3 Å². The Labute approximate surface area is 126 Å². The van der Waals surface area contributed by atoms with Gasteiger partial charge in [0.15, 0.2) is 0 Å². The van der Waals surface area contributed by atoms with Gasteiger partial charge in [-0.1, -0.05) is 6.07 Å². The van der Waals surface area contributed by atoms with E-state index in [0.717, 1.165) is 32.3 Å². The van der Waals surface area contributed by atoms with Gasteiger partial charge in [0.05, 0.1) is 0 Å². The lowest BCUT2D eigenvalue weighted by Gasteiger charge is -2.40. The second-order valence-electron chi connectivity index (χ2n) is 6.52. The number of hydrogen-bond donors (Lipinski definition) is 1. The Bertz CT molecular complexity index is 397. The first-order valence-electron chi connectivity index (χ1n) is 7.78. The number of hydrogen-bond acceptors (Lipinski definition) is 4. The summed E-state index contributed by atoms with van der Waals surface area (Å²) in [5.74, 6) is 0. The Morgan fingerprint density at radius 1 is 1.40 bits per heavy atom. The van der Waals surface area contributed by atoms with Crippen molar-refractivity contribution in [3.63, 3.8) is 0 Å². The van der Waals surface area contributed by atoms with Crippen molar-refractivity contribution in [2.45, 2.75) is 38.3 Å². The molecule has 3 nitrogen and oxygen atoms in total. The summed E-state index contributed by atoms with van der Waals surface area (Å²) in [6.07, 6.45) is 5.14. The zero-order valence-electron chi connectivity index (χ0n) is 12.4. The highest BCUT2D eigenvalue weighted by atomic mass is 32.1. The standard InChI is InChI=1S/C16H26N2OS/c1-18(11-15-3-2-10-20-15)13-16(6-8-19-9-7-16)12-17-14-4-5-14/h2-3,10,14,17H,4-9,11-13H2,1H3. The van der Waals surface area contributed by atoms with Crippen molar-refractivity contribution in [1.82, 2.24) is 10.2 Å². The maximum Gasteiger partial charge on any atom is 0.0472 e. The third-order valence-corrected chi connectivity index (χ3v) is 5.37. The molecule has 2 fully saturated rings. The molecule has 20 heavy (non-hydrogen) atoms. The van der Waals surface area contributed by atoms with E-state index in [9.17, 15) is 0 Å². The molecule has 2 heterocycles. The van der Waals surface area contributed by atoms with Crippen LogP contribution in [0.4, 0.5) is 0 Å². The van der Waals surface area contributed by atoms with Crippen molar-refractivity contribution >= 4 is 11.3 Å². The van der Waals surface area contributed by atoms with E-state index in [1.165, 1.54) is 37.1 Å². The minimum atomic E-state index is 0.410. The SMILES string of the molecule is CN(Cc1cccs1)CC1(CNC2CC2)CCOCC1. The molecule has 4 heteroatoms. The number of thiophene rings is 1. The zero-order chi connectivity index (χ0) is 13.8. The normalized spacial score (nSPS) is 22.3. The maximum atomic E-state index is 5.59. The summed E-state index contributed by atoms with van der Waals surface area (Å²) in [6, 6.07) is 5.18. The molecule has 0 amide bonds. The Balaban J connectivity index is 1.56. The number of nitrogens with zero attached hydrogens (tertiary/aromatic N) is 1. The molecular weight excluding hydrogens is 268 g/mol. The van der Waals surface area contributed by atoms with Crippen molar-refractivity contribution < 1.29 is 4.74 Å². The number of rotatable bonds is 7. The summed E-state index contributed by atoms with van der Waals surface area (Å²) in [7, 11) is 2.26. The zero-order valence-corrected chi connectivity index (χ0v) is 13.3. The van der Waals surface area contributed by atoms with Gasteiger partial charge in [-0.15, -0.1) is 11.3 Å². The van der Waals surface area contributed by atoms with E-state index in [2.05, 4.69) is 34.8 Å². The van der Waals surface area contributed by atoms with Crippen LogP contribution in [0.5, 0.6) is 0 Å². The molecule has 0 aromatic carbocycles. The van der Waals surface area contributed by atoms with Crippen LogP contribution in [0.15, 0.2) is 17.5 Å². The van der Waals surface area contributed by atoms with Crippen LogP contribution in [0, 0.1) is 5.41 Å². The molecule has 112 valence electrons. The van der Waals surface area contributed by atoms with Gasteiger partial charge in [-0.3, -0.25) is 0 Å². The van der Waals surface area contributed by atoms with Gasteiger partial charge in [-0.2, -0.15) is 0 Å². The molecule has 0 atom stereocenters. The average Bonchev–Trinajstić information content (AvgIpc) is 3.15. The average molecular weight is 294 g/mol. The lowest BCUT2D eigenvalue weighted by Crippen LogP contribution is -2.46. The molecule has 0 spiro atoms. The molecule has 1 aromatic rings. The smallest absolute Gasteiger partial charge is 0.0472 e. The van der Waals surface area contributed by atoms with Crippen LogP contribution in [0.25, 0.3) is 0 Å². The monoisotopic (exact) mass is 294 g/mol. The van der Waals surface area contributed by atoms with Gasteiger partial charge in [-0.05, 0) is 49.6 Å². The fourth-order valence-corrected chi connectivity index (χ4v) is 3.92. The van der Waals surface area contributed by atoms with Gasteiger partial charge < -0.3 is 15.0 Å². The molecule has 0 bridgehead atoms. The Morgan fingerprint density at radius 3 is 2.85 bits per heavy atom.